The van der Waals surface area contributed by atoms with Crippen molar-refractivity contribution in [2.75, 3.05) is 44.8 Å². The van der Waals surface area contributed by atoms with E-state index < -0.39 is 0 Å². The van der Waals surface area contributed by atoms with Crippen LogP contribution < -0.4 is 14.4 Å². The molecule has 2 aromatic carbocycles. The van der Waals surface area contributed by atoms with Gasteiger partial charge in [-0.3, -0.25) is 4.79 Å². The van der Waals surface area contributed by atoms with Gasteiger partial charge < -0.3 is 19.3 Å². The lowest BCUT2D eigenvalue weighted by Crippen LogP contribution is -2.50. The molecule has 6 heteroatoms. The molecule has 0 radical (unpaired) electrons. The first kappa shape index (κ1) is 17.6. The molecule has 1 fully saturated rings. The number of nitriles is 1. The van der Waals surface area contributed by atoms with Crippen molar-refractivity contribution in [3.8, 4) is 17.6 Å². The van der Waals surface area contributed by atoms with Crippen molar-refractivity contribution in [1.29, 1.82) is 5.26 Å². The highest BCUT2D eigenvalue weighted by Gasteiger charge is 2.23. The van der Waals surface area contributed by atoms with E-state index in [9.17, 15) is 10.1 Å². The molecule has 0 spiro atoms. The van der Waals surface area contributed by atoms with E-state index in [-0.39, 0.29) is 12.5 Å². The van der Waals surface area contributed by atoms with Crippen LogP contribution in [-0.4, -0.2) is 50.7 Å². The maximum absolute atomic E-state index is 12.4. The molecule has 0 atom stereocenters. The van der Waals surface area contributed by atoms with Crippen molar-refractivity contribution >= 4 is 11.6 Å². The third-order valence-corrected chi connectivity index (χ3v) is 4.42. The summed E-state index contributed by atoms with van der Waals surface area (Å²) in [4.78, 5) is 16.4. The van der Waals surface area contributed by atoms with Crippen LogP contribution in [0.5, 0.6) is 11.5 Å². The van der Waals surface area contributed by atoms with Crippen molar-refractivity contribution in [1.82, 2.24) is 4.90 Å². The molecule has 26 heavy (non-hydrogen) atoms. The Kier molecular flexibility index (Phi) is 5.59. The number of anilines is 1. The maximum atomic E-state index is 12.4. The number of hydrogen-bond acceptors (Lipinski definition) is 5. The number of nitrogens with zero attached hydrogens (tertiary/aromatic N) is 3. The lowest BCUT2D eigenvalue weighted by Gasteiger charge is -2.36. The summed E-state index contributed by atoms with van der Waals surface area (Å²) in [6, 6.07) is 17.0. The number of ether oxygens (including phenoxy) is 2. The number of piperazine rings is 1. The first-order valence-electron chi connectivity index (χ1n) is 8.50. The number of benzene rings is 2. The predicted octanol–water partition coefficient (Wildman–Crippen LogP) is 2.29. The summed E-state index contributed by atoms with van der Waals surface area (Å²) in [5.74, 6) is 1.12. The van der Waals surface area contributed by atoms with Crippen molar-refractivity contribution in [3.05, 3.63) is 54.1 Å². The first-order valence-corrected chi connectivity index (χ1v) is 8.50. The van der Waals surface area contributed by atoms with Gasteiger partial charge in [0.2, 0.25) is 0 Å². The molecule has 134 valence electrons. The molecule has 0 unspecified atom stereocenters. The molecule has 1 heterocycles. The van der Waals surface area contributed by atoms with Gasteiger partial charge in [-0.25, -0.2) is 0 Å². The molecule has 0 aliphatic carbocycles. The van der Waals surface area contributed by atoms with Crippen LogP contribution in [0.2, 0.25) is 0 Å². The van der Waals surface area contributed by atoms with Crippen LogP contribution in [0, 0.1) is 11.3 Å². The number of carbonyl (C=O) groups excluding carboxylic acids is 1. The second-order valence-corrected chi connectivity index (χ2v) is 5.94. The molecule has 1 aliphatic rings. The average molecular weight is 351 g/mol. The molecule has 6 nitrogen and oxygen atoms in total. The van der Waals surface area contributed by atoms with Crippen LogP contribution in [0.3, 0.4) is 0 Å². The summed E-state index contributed by atoms with van der Waals surface area (Å²) in [6.45, 7) is 2.58. The van der Waals surface area contributed by atoms with E-state index in [0.29, 0.717) is 43.2 Å². The Morgan fingerprint density at radius 3 is 2.38 bits per heavy atom. The van der Waals surface area contributed by atoms with Gasteiger partial charge in [0.05, 0.1) is 18.4 Å². The first-order chi connectivity index (χ1) is 12.7. The van der Waals surface area contributed by atoms with Crippen LogP contribution in [0.1, 0.15) is 5.56 Å². The van der Waals surface area contributed by atoms with Gasteiger partial charge in [-0.15, -0.1) is 0 Å². The highest BCUT2D eigenvalue weighted by molar-refractivity contribution is 5.78. The molecule has 1 aliphatic heterocycles. The molecule has 1 saturated heterocycles. The molecule has 0 saturated carbocycles. The Labute approximate surface area is 153 Å². The normalized spacial score (nSPS) is 13.8. The highest BCUT2D eigenvalue weighted by Crippen LogP contribution is 2.26. The van der Waals surface area contributed by atoms with E-state index in [0.717, 1.165) is 5.69 Å². The molecule has 3 rings (SSSR count). The molecule has 0 aromatic heterocycles. The third kappa shape index (κ3) is 3.89. The number of hydrogen-bond donors (Lipinski definition) is 0. The van der Waals surface area contributed by atoms with Gasteiger partial charge in [-0.1, -0.05) is 24.3 Å². The summed E-state index contributed by atoms with van der Waals surface area (Å²) >= 11 is 0. The van der Waals surface area contributed by atoms with Crippen molar-refractivity contribution in [2.45, 2.75) is 0 Å². The van der Waals surface area contributed by atoms with E-state index in [2.05, 4.69) is 11.0 Å². The van der Waals surface area contributed by atoms with Crippen LogP contribution in [0.15, 0.2) is 48.5 Å². The Balaban J connectivity index is 1.55. The fourth-order valence-corrected chi connectivity index (χ4v) is 3.01. The summed E-state index contributed by atoms with van der Waals surface area (Å²) in [5.41, 5.74) is 1.58. The quantitative estimate of drug-likeness (QED) is 0.827. The SMILES string of the molecule is COc1ccccc1OCC(=O)N1CCN(c2ccccc2C#N)CC1. The second kappa shape index (κ2) is 8.26. The lowest BCUT2D eigenvalue weighted by molar-refractivity contribution is -0.133. The van der Waals surface area contributed by atoms with Crippen molar-refractivity contribution in [3.63, 3.8) is 0 Å². The predicted molar refractivity (Wildman–Crippen MR) is 98.4 cm³/mol. The monoisotopic (exact) mass is 351 g/mol. The molecule has 0 N–H and O–H groups in total. The van der Waals surface area contributed by atoms with E-state index in [1.54, 1.807) is 24.1 Å². The highest BCUT2D eigenvalue weighted by atomic mass is 16.5. The Morgan fingerprint density at radius 1 is 1.04 bits per heavy atom. The minimum Gasteiger partial charge on any atom is -0.493 e. The van der Waals surface area contributed by atoms with E-state index in [1.165, 1.54) is 0 Å². The van der Waals surface area contributed by atoms with Crippen molar-refractivity contribution < 1.29 is 14.3 Å². The van der Waals surface area contributed by atoms with Gasteiger partial charge in [0, 0.05) is 26.2 Å². The van der Waals surface area contributed by atoms with Crippen LogP contribution in [-0.2, 0) is 4.79 Å². The zero-order valence-corrected chi connectivity index (χ0v) is 14.7. The molecule has 0 bridgehead atoms. The van der Waals surface area contributed by atoms with E-state index in [1.807, 2.05) is 36.4 Å². The Morgan fingerprint density at radius 2 is 1.69 bits per heavy atom. The third-order valence-electron chi connectivity index (χ3n) is 4.42. The number of carbonyl (C=O) groups is 1. The zero-order chi connectivity index (χ0) is 18.4. The van der Waals surface area contributed by atoms with Gasteiger partial charge >= 0.3 is 0 Å². The van der Waals surface area contributed by atoms with Crippen LogP contribution in [0.4, 0.5) is 5.69 Å². The summed E-state index contributed by atoms with van der Waals surface area (Å²) < 4.78 is 10.8. The van der Waals surface area contributed by atoms with Gasteiger partial charge in [-0.2, -0.15) is 5.26 Å². The number of para-hydroxylation sites is 3. The smallest absolute Gasteiger partial charge is 0.260 e. The summed E-state index contributed by atoms with van der Waals surface area (Å²) in [6.07, 6.45) is 0. The lowest BCUT2D eigenvalue weighted by atomic mass is 10.1. The minimum atomic E-state index is -0.0517. The standard InChI is InChI=1S/C20H21N3O3/c1-25-18-8-4-5-9-19(18)26-15-20(24)23-12-10-22(11-13-23)17-7-3-2-6-16(17)14-21/h2-9H,10-13,15H2,1H3. The van der Waals surface area contributed by atoms with Crippen LogP contribution in [0.25, 0.3) is 0 Å². The van der Waals surface area contributed by atoms with E-state index >= 15 is 0 Å². The second-order valence-electron chi connectivity index (χ2n) is 5.94. The zero-order valence-electron chi connectivity index (χ0n) is 14.7. The fraction of sp³-hybridized carbons (Fsp3) is 0.300. The fourth-order valence-electron chi connectivity index (χ4n) is 3.01. The number of rotatable bonds is 5. The molecular weight excluding hydrogens is 330 g/mol. The van der Waals surface area contributed by atoms with Gasteiger partial charge in [0.15, 0.2) is 18.1 Å². The Bertz CT molecular complexity index is 808. The van der Waals surface area contributed by atoms with Crippen molar-refractivity contribution in [2.24, 2.45) is 0 Å². The van der Waals surface area contributed by atoms with Gasteiger partial charge in [0.25, 0.3) is 5.91 Å². The van der Waals surface area contributed by atoms with Gasteiger partial charge in [0.1, 0.15) is 6.07 Å². The number of methoxy groups -OCH3 is 1. The molecule has 1 amide bonds. The average Bonchev–Trinajstić information content (AvgIpc) is 2.72. The molecule has 2 aromatic rings. The molecular formula is C20H21N3O3. The van der Waals surface area contributed by atoms with E-state index in [4.69, 9.17) is 9.47 Å². The summed E-state index contributed by atoms with van der Waals surface area (Å²) in [7, 11) is 1.57. The largest absolute Gasteiger partial charge is 0.493 e. The topological polar surface area (TPSA) is 65.8 Å². The minimum absolute atomic E-state index is 0.0187. The van der Waals surface area contributed by atoms with Crippen LogP contribution >= 0.6 is 0 Å². The maximum Gasteiger partial charge on any atom is 0.260 e. The summed E-state index contributed by atoms with van der Waals surface area (Å²) in [5, 5.41) is 9.24. The van der Waals surface area contributed by atoms with Gasteiger partial charge in [-0.05, 0) is 24.3 Å². The number of amides is 1. The Hall–Kier alpha value is -3.20.